The average molecular weight is 311 g/mol. The van der Waals surface area contributed by atoms with Crippen molar-refractivity contribution >= 4 is 21.6 Å². The molecule has 1 fully saturated rings. The van der Waals surface area contributed by atoms with Gasteiger partial charge in [-0.15, -0.1) is 0 Å². The van der Waals surface area contributed by atoms with Gasteiger partial charge in [-0.05, 0) is 57.6 Å². The average Bonchev–Trinajstić information content (AvgIpc) is 2.50. The van der Waals surface area contributed by atoms with Crippen molar-refractivity contribution in [1.82, 2.24) is 10.0 Å². The Kier molecular flexibility index (Phi) is 4.97. The summed E-state index contributed by atoms with van der Waals surface area (Å²) in [5.74, 6) is -0.0648. The van der Waals surface area contributed by atoms with E-state index in [1.54, 1.807) is 19.1 Å². The van der Waals surface area contributed by atoms with Crippen LogP contribution in [0, 0.1) is 12.8 Å². The lowest BCUT2D eigenvalue weighted by molar-refractivity contribution is -0.120. The summed E-state index contributed by atoms with van der Waals surface area (Å²) in [4.78, 5) is 12.4. The van der Waals surface area contributed by atoms with Crippen molar-refractivity contribution in [3.63, 3.8) is 0 Å². The Balaban J connectivity index is 2.17. The number of sulfonamides is 1. The van der Waals surface area contributed by atoms with Crippen molar-refractivity contribution in [3.05, 3.63) is 23.8 Å². The first kappa shape index (κ1) is 15.9. The molecule has 1 heterocycles. The van der Waals surface area contributed by atoms with Gasteiger partial charge in [0, 0.05) is 11.6 Å². The lowest BCUT2D eigenvalue weighted by Gasteiger charge is -2.22. The number of rotatable bonds is 4. The van der Waals surface area contributed by atoms with Crippen molar-refractivity contribution in [2.45, 2.75) is 24.7 Å². The van der Waals surface area contributed by atoms with Crippen molar-refractivity contribution in [2.75, 3.05) is 25.5 Å². The van der Waals surface area contributed by atoms with E-state index in [0.717, 1.165) is 25.9 Å². The highest BCUT2D eigenvalue weighted by Crippen LogP contribution is 2.21. The fourth-order valence-corrected chi connectivity index (χ4v) is 3.40. The van der Waals surface area contributed by atoms with Gasteiger partial charge in [0.1, 0.15) is 0 Å². The smallest absolute Gasteiger partial charge is 0.240 e. The van der Waals surface area contributed by atoms with E-state index in [9.17, 15) is 13.2 Å². The van der Waals surface area contributed by atoms with Crippen LogP contribution in [-0.4, -0.2) is 34.5 Å². The van der Waals surface area contributed by atoms with E-state index in [0.29, 0.717) is 11.3 Å². The molecule has 1 amide bonds. The molecule has 7 heteroatoms. The summed E-state index contributed by atoms with van der Waals surface area (Å²) in [7, 11) is -2.15. The van der Waals surface area contributed by atoms with Gasteiger partial charge in [-0.1, -0.05) is 6.07 Å². The third kappa shape index (κ3) is 3.81. The normalized spacial score (nSPS) is 16.7. The minimum absolute atomic E-state index is 0.0167. The third-order valence-electron chi connectivity index (χ3n) is 3.72. The summed E-state index contributed by atoms with van der Waals surface area (Å²) in [6, 6.07) is 4.92. The van der Waals surface area contributed by atoms with Gasteiger partial charge >= 0.3 is 0 Å². The van der Waals surface area contributed by atoms with Crippen molar-refractivity contribution < 1.29 is 13.2 Å². The van der Waals surface area contributed by atoms with E-state index in [1.807, 2.05) is 0 Å². The molecule has 0 spiro atoms. The fourth-order valence-electron chi connectivity index (χ4n) is 2.41. The van der Waals surface area contributed by atoms with E-state index < -0.39 is 10.0 Å². The number of hydrogen-bond donors (Lipinski definition) is 3. The number of carbonyl (C=O) groups is 1. The Labute approximate surface area is 125 Å². The molecule has 1 aliphatic rings. The van der Waals surface area contributed by atoms with Crippen molar-refractivity contribution in [1.29, 1.82) is 0 Å². The first-order valence-electron chi connectivity index (χ1n) is 7.00. The zero-order valence-corrected chi connectivity index (χ0v) is 13.1. The van der Waals surface area contributed by atoms with Crippen LogP contribution in [-0.2, 0) is 14.8 Å². The first-order chi connectivity index (χ1) is 9.94. The van der Waals surface area contributed by atoms with E-state index in [1.165, 1.54) is 13.1 Å². The predicted molar refractivity (Wildman–Crippen MR) is 81.6 cm³/mol. The van der Waals surface area contributed by atoms with Crippen LogP contribution in [0.3, 0.4) is 0 Å². The standard InChI is InChI=1S/C14H21N3O3S/c1-10-3-4-12(9-13(10)21(19,20)15-2)17-14(18)11-5-7-16-8-6-11/h3-4,9,11,15-16H,5-8H2,1-2H3,(H,17,18). The van der Waals surface area contributed by atoms with Crippen LogP contribution < -0.4 is 15.4 Å². The number of anilines is 1. The lowest BCUT2D eigenvalue weighted by Crippen LogP contribution is -2.34. The van der Waals surface area contributed by atoms with Crippen LogP contribution >= 0.6 is 0 Å². The zero-order chi connectivity index (χ0) is 15.5. The minimum Gasteiger partial charge on any atom is -0.326 e. The summed E-state index contributed by atoms with van der Waals surface area (Å²) in [6.45, 7) is 3.40. The molecule has 1 aromatic carbocycles. The van der Waals surface area contributed by atoms with Gasteiger partial charge in [-0.25, -0.2) is 13.1 Å². The van der Waals surface area contributed by atoms with E-state index in [2.05, 4.69) is 15.4 Å². The van der Waals surface area contributed by atoms with Crippen LogP contribution in [0.25, 0.3) is 0 Å². The topological polar surface area (TPSA) is 87.3 Å². The number of hydrogen-bond acceptors (Lipinski definition) is 4. The molecular weight excluding hydrogens is 290 g/mol. The maximum atomic E-state index is 12.2. The fraction of sp³-hybridized carbons (Fsp3) is 0.500. The maximum Gasteiger partial charge on any atom is 0.240 e. The molecule has 116 valence electrons. The number of nitrogens with one attached hydrogen (secondary N) is 3. The number of piperidine rings is 1. The summed E-state index contributed by atoms with van der Waals surface area (Å²) in [6.07, 6.45) is 1.61. The van der Waals surface area contributed by atoms with E-state index in [-0.39, 0.29) is 16.7 Å². The molecule has 0 aromatic heterocycles. The molecule has 0 atom stereocenters. The lowest BCUT2D eigenvalue weighted by atomic mass is 9.97. The third-order valence-corrected chi connectivity index (χ3v) is 5.28. The summed E-state index contributed by atoms with van der Waals surface area (Å²) >= 11 is 0. The van der Waals surface area contributed by atoms with Crippen LogP contribution in [0.2, 0.25) is 0 Å². The highest BCUT2D eigenvalue weighted by atomic mass is 32.2. The minimum atomic E-state index is -3.52. The van der Waals surface area contributed by atoms with Gasteiger partial charge in [-0.2, -0.15) is 0 Å². The van der Waals surface area contributed by atoms with Crippen LogP contribution in [0.15, 0.2) is 23.1 Å². The molecule has 0 unspecified atom stereocenters. The van der Waals surface area contributed by atoms with Crippen molar-refractivity contribution in [2.24, 2.45) is 5.92 Å². The molecule has 0 radical (unpaired) electrons. The predicted octanol–water partition coefficient (Wildman–Crippen LogP) is 0.841. The Morgan fingerprint density at radius 1 is 1.29 bits per heavy atom. The second-order valence-corrected chi connectivity index (χ2v) is 7.06. The van der Waals surface area contributed by atoms with Gasteiger partial charge in [0.15, 0.2) is 0 Å². The summed E-state index contributed by atoms with van der Waals surface area (Å²) in [5, 5.41) is 6.03. The first-order valence-corrected chi connectivity index (χ1v) is 8.48. The van der Waals surface area contributed by atoms with Crippen LogP contribution in [0.1, 0.15) is 18.4 Å². The Morgan fingerprint density at radius 2 is 1.95 bits per heavy atom. The SMILES string of the molecule is CNS(=O)(=O)c1cc(NC(=O)C2CCNCC2)ccc1C. The molecule has 0 bridgehead atoms. The molecule has 3 N–H and O–H groups in total. The highest BCUT2D eigenvalue weighted by molar-refractivity contribution is 7.89. The molecule has 6 nitrogen and oxygen atoms in total. The highest BCUT2D eigenvalue weighted by Gasteiger charge is 2.22. The van der Waals surface area contributed by atoms with Crippen molar-refractivity contribution in [3.8, 4) is 0 Å². The molecule has 1 aliphatic heterocycles. The van der Waals surface area contributed by atoms with Gasteiger partial charge in [0.05, 0.1) is 4.90 Å². The monoisotopic (exact) mass is 311 g/mol. The number of carbonyl (C=O) groups excluding carboxylic acids is 1. The van der Waals surface area contributed by atoms with E-state index in [4.69, 9.17) is 0 Å². The number of amides is 1. The molecule has 0 saturated carbocycles. The van der Waals surface area contributed by atoms with Gasteiger partial charge in [0.25, 0.3) is 0 Å². The maximum absolute atomic E-state index is 12.2. The second kappa shape index (κ2) is 6.55. The Bertz CT molecular complexity index is 622. The second-order valence-electron chi connectivity index (χ2n) is 5.20. The molecule has 1 aromatic rings. The molecule has 21 heavy (non-hydrogen) atoms. The molecule has 0 aliphatic carbocycles. The number of benzene rings is 1. The van der Waals surface area contributed by atoms with Gasteiger partial charge in [-0.3, -0.25) is 4.79 Å². The van der Waals surface area contributed by atoms with Gasteiger partial charge in [0.2, 0.25) is 15.9 Å². The van der Waals surface area contributed by atoms with Crippen LogP contribution in [0.4, 0.5) is 5.69 Å². The quantitative estimate of drug-likeness (QED) is 0.769. The Hall–Kier alpha value is -1.44. The molecule has 2 rings (SSSR count). The summed E-state index contributed by atoms with van der Waals surface area (Å²) in [5.41, 5.74) is 1.15. The zero-order valence-electron chi connectivity index (χ0n) is 12.3. The largest absolute Gasteiger partial charge is 0.326 e. The molecular formula is C14H21N3O3S. The molecule has 1 saturated heterocycles. The van der Waals surface area contributed by atoms with Crippen LogP contribution in [0.5, 0.6) is 0 Å². The summed E-state index contributed by atoms with van der Waals surface area (Å²) < 4.78 is 26.2. The number of aryl methyl sites for hydroxylation is 1. The van der Waals surface area contributed by atoms with E-state index >= 15 is 0 Å². The van der Waals surface area contributed by atoms with Gasteiger partial charge < -0.3 is 10.6 Å². The Morgan fingerprint density at radius 3 is 2.57 bits per heavy atom.